The number of nitrogens with one attached hydrogen (secondary N) is 2. The minimum absolute atomic E-state index is 0.173. The quantitative estimate of drug-likeness (QED) is 0.426. The minimum atomic E-state index is -0.612. The Morgan fingerprint density at radius 3 is 2.75 bits per heavy atom. The Morgan fingerprint density at radius 1 is 1.22 bits per heavy atom. The first-order valence-corrected chi connectivity index (χ1v) is 11.1. The van der Waals surface area contributed by atoms with Gasteiger partial charge < -0.3 is 15.2 Å². The van der Waals surface area contributed by atoms with Crippen LogP contribution in [0.2, 0.25) is 5.02 Å². The molecule has 0 aliphatic rings. The minimum Gasteiger partial charge on any atom is -0.347 e. The Kier molecular flexibility index (Phi) is 6.63. The van der Waals surface area contributed by atoms with Gasteiger partial charge in [-0.15, -0.1) is 11.3 Å². The first kappa shape index (κ1) is 21.7. The number of nitrogens with zero attached hydrogens (tertiary/aromatic N) is 3. The molecule has 4 rings (SSSR count). The van der Waals surface area contributed by atoms with Crippen LogP contribution in [0.3, 0.4) is 0 Å². The van der Waals surface area contributed by atoms with E-state index in [9.17, 15) is 9.59 Å². The summed E-state index contributed by atoms with van der Waals surface area (Å²) in [6.07, 6.45) is 5.34. The van der Waals surface area contributed by atoms with E-state index in [0.29, 0.717) is 17.3 Å². The Labute approximate surface area is 193 Å². The number of carbonyl (C=O) groups excluding carboxylic acids is 1. The lowest BCUT2D eigenvalue weighted by molar-refractivity contribution is -0.117. The zero-order chi connectivity index (χ0) is 22.5. The molecule has 162 valence electrons. The zero-order valence-corrected chi connectivity index (χ0v) is 18.7. The summed E-state index contributed by atoms with van der Waals surface area (Å²) in [6, 6.07) is 12.1. The second kappa shape index (κ2) is 9.76. The Hall–Kier alpha value is -3.49. The van der Waals surface area contributed by atoms with Gasteiger partial charge in [-0.25, -0.2) is 4.98 Å². The van der Waals surface area contributed by atoms with Crippen LogP contribution in [0.1, 0.15) is 5.56 Å². The van der Waals surface area contributed by atoms with Gasteiger partial charge in [0.15, 0.2) is 0 Å². The van der Waals surface area contributed by atoms with Crippen molar-refractivity contribution in [2.45, 2.75) is 12.5 Å². The number of carbonyl (C=O) groups is 1. The molecule has 0 saturated heterocycles. The predicted molar refractivity (Wildman–Crippen MR) is 128 cm³/mol. The summed E-state index contributed by atoms with van der Waals surface area (Å²) in [5.74, 6) is 0.356. The van der Waals surface area contributed by atoms with Gasteiger partial charge in [-0.2, -0.15) is 0 Å². The number of pyridine rings is 2. The molecule has 9 heteroatoms. The molecule has 0 aliphatic heterocycles. The molecule has 7 nitrogen and oxygen atoms in total. The normalized spacial score (nSPS) is 11.7. The number of aromatic nitrogens is 3. The fourth-order valence-corrected chi connectivity index (χ4v) is 4.13. The summed E-state index contributed by atoms with van der Waals surface area (Å²) in [6.45, 7) is 0. The number of thiazole rings is 1. The first-order chi connectivity index (χ1) is 15.5. The molecule has 2 N–H and O–H groups in total. The molecule has 0 unspecified atom stereocenters. The summed E-state index contributed by atoms with van der Waals surface area (Å²) >= 11 is 7.58. The molecule has 1 atom stereocenters. The van der Waals surface area contributed by atoms with Crippen molar-refractivity contribution in [2.75, 3.05) is 17.3 Å². The van der Waals surface area contributed by atoms with Crippen molar-refractivity contribution in [3.63, 3.8) is 0 Å². The van der Waals surface area contributed by atoms with Crippen molar-refractivity contribution in [3.8, 4) is 11.1 Å². The summed E-state index contributed by atoms with van der Waals surface area (Å²) in [5, 5.41) is 5.27. The Balaban J connectivity index is 1.63. The summed E-state index contributed by atoms with van der Waals surface area (Å²) in [4.78, 5) is 38.6. The van der Waals surface area contributed by atoms with Crippen LogP contribution in [0.4, 0.5) is 11.5 Å². The largest absolute Gasteiger partial charge is 0.347 e. The van der Waals surface area contributed by atoms with Gasteiger partial charge in [0.1, 0.15) is 17.5 Å². The number of likely N-dealkylation sites (N-methyl/N-ethyl adjacent to an activating group) is 1. The average Bonchev–Trinajstić information content (AvgIpc) is 3.34. The molecule has 0 bridgehead atoms. The van der Waals surface area contributed by atoms with E-state index in [4.69, 9.17) is 11.6 Å². The number of hydrogen-bond donors (Lipinski definition) is 2. The van der Waals surface area contributed by atoms with Gasteiger partial charge in [0.2, 0.25) is 5.91 Å². The lowest BCUT2D eigenvalue weighted by Gasteiger charge is -2.27. The maximum atomic E-state index is 13.4. The number of benzene rings is 1. The smallest absolute Gasteiger partial charge is 0.271 e. The van der Waals surface area contributed by atoms with Crippen LogP contribution in [0.15, 0.2) is 76.7 Å². The van der Waals surface area contributed by atoms with E-state index >= 15 is 0 Å². The van der Waals surface area contributed by atoms with Gasteiger partial charge in [0.05, 0.1) is 5.51 Å². The van der Waals surface area contributed by atoms with E-state index in [-0.39, 0.29) is 17.2 Å². The molecule has 3 aromatic heterocycles. The standard InChI is InChI=1S/C23H20ClN5O2S/c1-29(21-13-32-14-27-21)20(10-15-3-2-4-18(24)9-15)23(31)28-19-11-17(12-26-22(19)30)16-5-7-25-8-6-16/h2-9,11-14,20H,10H2,1H3,(H,26,30)(H,28,31)/t20-/m0/s1. The van der Waals surface area contributed by atoms with Crippen LogP contribution in [0.25, 0.3) is 11.1 Å². The van der Waals surface area contributed by atoms with Crippen molar-refractivity contribution < 1.29 is 4.79 Å². The number of amides is 1. The van der Waals surface area contributed by atoms with E-state index in [1.807, 2.05) is 42.8 Å². The number of rotatable bonds is 7. The summed E-state index contributed by atoms with van der Waals surface area (Å²) in [5.41, 5.74) is 4.05. The van der Waals surface area contributed by atoms with E-state index in [1.54, 1.807) is 41.1 Å². The van der Waals surface area contributed by atoms with Crippen molar-refractivity contribution in [3.05, 3.63) is 92.9 Å². The van der Waals surface area contributed by atoms with Crippen molar-refractivity contribution in [1.82, 2.24) is 15.0 Å². The van der Waals surface area contributed by atoms with E-state index < -0.39 is 6.04 Å². The highest BCUT2D eigenvalue weighted by Crippen LogP contribution is 2.22. The second-order valence-corrected chi connectivity index (χ2v) is 8.32. The topological polar surface area (TPSA) is 91.0 Å². The van der Waals surface area contributed by atoms with Crippen LogP contribution < -0.4 is 15.8 Å². The number of H-pyrrole nitrogens is 1. The zero-order valence-electron chi connectivity index (χ0n) is 17.2. The molecule has 0 fully saturated rings. The van der Waals surface area contributed by atoms with E-state index in [2.05, 4.69) is 20.3 Å². The maximum absolute atomic E-state index is 13.4. The summed E-state index contributed by atoms with van der Waals surface area (Å²) < 4.78 is 0. The van der Waals surface area contributed by atoms with Crippen LogP contribution in [-0.4, -0.2) is 33.9 Å². The third-order valence-electron chi connectivity index (χ3n) is 5.04. The van der Waals surface area contributed by atoms with Crippen LogP contribution >= 0.6 is 22.9 Å². The van der Waals surface area contributed by atoms with Gasteiger partial charge in [-0.05, 0) is 41.5 Å². The molecule has 0 saturated carbocycles. The number of halogens is 1. The molecule has 4 aromatic rings. The lowest BCUT2D eigenvalue weighted by Crippen LogP contribution is -2.44. The summed E-state index contributed by atoms with van der Waals surface area (Å²) in [7, 11) is 1.81. The van der Waals surface area contributed by atoms with Gasteiger partial charge in [0.25, 0.3) is 5.56 Å². The number of anilines is 2. The molecule has 1 amide bonds. The van der Waals surface area contributed by atoms with Gasteiger partial charge in [-0.3, -0.25) is 14.6 Å². The molecule has 1 aromatic carbocycles. The highest BCUT2D eigenvalue weighted by Gasteiger charge is 2.26. The predicted octanol–water partition coefficient (Wildman–Crippen LogP) is 4.23. The third kappa shape index (κ3) is 5.04. The lowest BCUT2D eigenvalue weighted by atomic mass is 10.0. The van der Waals surface area contributed by atoms with Gasteiger partial charge in [0, 0.05) is 48.0 Å². The molecule has 0 aliphatic carbocycles. The maximum Gasteiger partial charge on any atom is 0.271 e. The van der Waals surface area contributed by atoms with Crippen molar-refractivity contribution >= 4 is 40.4 Å². The van der Waals surface area contributed by atoms with Crippen LogP contribution in [0.5, 0.6) is 0 Å². The molecule has 3 heterocycles. The molecular formula is C23H20ClN5O2S. The molecule has 0 radical (unpaired) electrons. The number of hydrogen-bond acceptors (Lipinski definition) is 6. The van der Waals surface area contributed by atoms with Gasteiger partial charge in [-0.1, -0.05) is 23.7 Å². The van der Waals surface area contributed by atoms with Gasteiger partial charge >= 0.3 is 0 Å². The monoisotopic (exact) mass is 465 g/mol. The fourth-order valence-electron chi connectivity index (χ4n) is 3.34. The molecule has 32 heavy (non-hydrogen) atoms. The molecule has 0 spiro atoms. The van der Waals surface area contributed by atoms with Crippen molar-refractivity contribution in [2.24, 2.45) is 0 Å². The third-order valence-corrected chi connectivity index (χ3v) is 5.85. The van der Waals surface area contributed by atoms with Crippen LogP contribution in [-0.2, 0) is 11.2 Å². The molecular weight excluding hydrogens is 446 g/mol. The number of aromatic amines is 1. The highest BCUT2D eigenvalue weighted by molar-refractivity contribution is 7.07. The second-order valence-electron chi connectivity index (χ2n) is 7.16. The van der Waals surface area contributed by atoms with Crippen LogP contribution in [0, 0.1) is 0 Å². The highest BCUT2D eigenvalue weighted by atomic mass is 35.5. The SMILES string of the molecule is CN(c1cscn1)[C@@H](Cc1cccc(Cl)c1)C(=O)Nc1cc(-c2ccncc2)c[nH]c1=O. The van der Waals surface area contributed by atoms with Crippen molar-refractivity contribution in [1.29, 1.82) is 0 Å². The Morgan fingerprint density at radius 2 is 2.03 bits per heavy atom. The van der Waals surface area contributed by atoms with E-state index in [1.165, 1.54) is 11.3 Å². The van der Waals surface area contributed by atoms with E-state index in [0.717, 1.165) is 16.7 Å². The first-order valence-electron chi connectivity index (χ1n) is 9.81. The average molecular weight is 466 g/mol. The Bertz CT molecular complexity index is 1260. The fraction of sp³-hybridized carbons (Fsp3) is 0.130.